The third-order valence-electron chi connectivity index (χ3n) is 5.44. The Balaban J connectivity index is 1.40. The molecule has 4 rings (SSSR count). The van der Waals surface area contributed by atoms with E-state index in [9.17, 15) is 23.2 Å². The maximum Gasteiger partial charge on any atom is 0.432 e. The molecule has 0 saturated carbocycles. The number of piperidine rings is 1. The average molecular weight is 429 g/mol. The lowest BCUT2D eigenvalue weighted by Gasteiger charge is -2.36. The molecule has 1 saturated heterocycles. The average Bonchev–Trinajstić information content (AvgIpc) is 3.17. The van der Waals surface area contributed by atoms with Crippen LogP contribution in [0.2, 0.25) is 0 Å². The molecule has 1 amide bonds. The van der Waals surface area contributed by atoms with Crippen LogP contribution in [0, 0.1) is 11.3 Å². The van der Waals surface area contributed by atoms with Gasteiger partial charge >= 0.3 is 12.3 Å². The van der Waals surface area contributed by atoms with Crippen molar-refractivity contribution >= 4 is 22.8 Å². The highest BCUT2D eigenvalue weighted by Gasteiger charge is 2.39. The first-order chi connectivity index (χ1) is 14.8. The summed E-state index contributed by atoms with van der Waals surface area (Å²) in [6, 6.07) is 14.3. The molecule has 31 heavy (non-hydrogen) atoms. The number of nitriles is 1. The second-order valence-corrected chi connectivity index (χ2v) is 7.32. The molecule has 10 heteroatoms. The minimum Gasteiger partial charge on any atom is -0.351 e. The van der Waals surface area contributed by atoms with Crippen LogP contribution in [0.1, 0.15) is 24.0 Å². The van der Waals surface area contributed by atoms with Crippen molar-refractivity contribution in [2.24, 2.45) is 0 Å². The van der Waals surface area contributed by atoms with Crippen LogP contribution in [-0.2, 0) is 16.4 Å². The molecule has 1 aromatic heterocycles. The molecule has 0 bridgehead atoms. The number of H-pyrrole nitrogens is 1. The van der Waals surface area contributed by atoms with Gasteiger partial charge in [-0.2, -0.15) is 23.5 Å². The van der Waals surface area contributed by atoms with Crippen LogP contribution >= 0.6 is 0 Å². The summed E-state index contributed by atoms with van der Waals surface area (Å²) in [5.74, 6) is 0.327. The van der Waals surface area contributed by atoms with Crippen LogP contribution in [-0.4, -0.2) is 34.4 Å². The Morgan fingerprint density at radius 3 is 2.65 bits per heavy atom. The molecule has 7 nitrogen and oxygen atoms in total. The number of carbonyl (C=O) groups excluding carboxylic acids is 1. The van der Waals surface area contributed by atoms with Gasteiger partial charge in [0.2, 0.25) is 0 Å². The summed E-state index contributed by atoms with van der Waals surface area (Å²) in [6.07, 6.45) is -4.77. The first-order valence-electron chi connectivity index (χ1n) is 9.57. The Morgan fingerprint density at radius 2 is 1.94 bits per heavy atom. The fourth-order valence-corrected chi connectivity index (χ4v) is 3.71. The number of amides is 1. The van der Waals surface area contributed by atoms with E-state index in [1.165, 1.54) is 17.2 Å². The maximum absolute atomic E-state index is 13.1. The van der Waals surface area contributed by atoms with Crippen LogP contribution in [0.25, 0.3) is 10.9 Å². The van der Waals surface area contributed by atoms with Crippen molar-refractivity contribution in [3.8, 4) is 6.07 Å². The molecule has 1 aliphatic heterocycles. The predicted molar refractivity (Wildman–Crippen MR) is 106 cm³/mol. The summed E-state index contributed by atoms with van der Waals surface area (Å²) in [5.41, 5.74) is -0.785. The molecule has 0 atom stereocenters. The van der Waals surface area contributed by atoms with Crippen LogP contribution < -0.4 is 5.32 Å². The third kappa shape index (κ3) is 4.18. The number of benzene rings is 2. The second kappa shape index (κ2) is 7.92. The number of aromatic amines is 1. The van der Waals surface area contributed by atoms with E-state index in [1.807, 2.05) is 18.2 Å². The highest BCUT2D eigenvalue weighted by Crippen LogP contribution is 2.38. The summed E-state index contributed by atoms with van der Waals surface area (Å²) in [6.45, 7) is 0.414. The number of rotatable bonds is 3. The van der Waals surface area contributed by atoms with E-state index in [2.05, 4.69) is 21.6 Å². The fourth-order valence-electron chi connectivity index (χ4n) is 3.71. The van der Waals surface area contributed by atoms with E-state index in [0.717, 1.165) is 23.0 Å². The van der Waals surface area contributed by atoms with Crippen LogP contribution in [0.3, 0.4) is 0 Å². The third-order valence-corrected chi connectivity index (χ3v) is 5.44. The summed E-state index contributed by atoms with van der Waals surface area (Å²) < 4.78 is 39.2. The van der Waals surface area contributed by atoms with E-state index in [4.69, 9.17) is 4.84 Å². The van der Waals surface area contributed by atoms with Gasteiger partial charge in [0.25, 0.3) is 0 Å². The Hall–Kier alpha value is -3.58. The molecule has 1 aliphatic rings. The van der Waals surface area contributed by atoms with Gasteiger partial charge in [0.05, 0.1) is 22.6 Å². The number of hydrogen-bond acceptors (Lipinski definition) is 5. The number of hydroxylamine groups is 2. The fraction of sp³-hybridized carbons (Fsp3) is 0.286. The van der Waals surface area contributed by atoms with Crippen LogP contribution in [0.15, 0.2) is 48.5 Å². The molecule has 160 valence electrons. The lowest BCUT2D eigenvalue weighted by molar-refractivity contribution is -0.137. The zero-order valence-electron chi connectivity index (χ0n) is 16.2. The highest BCUT2D eigenvalue weighted by molar-refractivity contribution is 5.96. The first kappa shape index (κ1) is 20.7. The van der Waals surface area contributed by atoms with E-state index in [-0.39, 0.29) is 25.9 Å². The molecule has 2 N–H and O–H groups in total. The molecule has 0 unspecified atom stereocenters. The highest BCUT2D eigenvalue weighted by atomic mass is 19.4. The maximum atomic E-state index is 13.1. The number of hydrogen-bond donors (Lipinski definition) is 2. The van der Waals surface area contributed by atoms with Crippen molar-refractivity contribution in [1.29, 1.82) is 5.26 Å². The molecule has 0 radical (unpaired) electrons. The molecular formula is C21H18F3N5O2. The number of alkyl halides is 3. The van der Waals surface area contributed by atoms with Gasteiger partial charge in [-0.3, -0.25) is 10.4 Å². The lowest BCUT2D eigenvalue weighted by Crippen LogP contribution is -2.43. The number of anilines is 1. The van der Waals surface area contributed by atoms with E-state index in [0.29, 0.717) is 11.4 Å². The van der Waals surface area contributed by atoms with Gasteiger partial charge in [-0.25, -0.2) is 4.79 Å². The van der Waals surface area contributed by atoms with Crippen molar-refractivity contribution in [3.63, 3.8) is 0 Å². The number of nitrogens with one attached hydrogen (secondary N) is 2. The molecule has 2 heterocycles. The zero-order valence-corrected chi connectivity index (χ0v) is 16.2. The smallest absolute Gasteiger partial charge is 0.351 e. The van der Waals surface area contributed by atoms with Crippen molar-refractivity contribution in [3.05, 3.63) is 59.7 Å². The molecular weight excluding hydrogens is 411 g/mol. The van der Waals surface area contributed by atoms with Crippen molar-refractivity contribution in [2.75, 3.05) is 18.4 Å². The zero-order chi connectivity index (χ0) is 22.1. The van der Waals surface area contributed by atoms with Gasteiger partial charge in [0, 0.05) is 18.5 Å². The number of aromatic nitrogens is 2. The Kier molecular flexibility index (Phi) is 5.29. The second-order valence-electron chi connectivity index (χ2n) is 7.32. The van der Waals surface area contributed by atoms with Gasteiger partial charge in [-0.15, -0.1) is 5.06 Å². The van der Waals surface area contributed by atoms with E-state index in [1.54, 1.807) is 6.07 Å². The first-order valence-corrected chi connectivity index (χ1v) is 9.57. The minimum absolute atomic E-state index is 0.207. The number of carbonyl (C=O) groups is 1. The molecule has 1 fully saturated rings. The van der Waals surface area contributed by atoms with Gasteiger partial charge in [-0.1, -0.05) is 30.3 Å². The largest absolute Gasteiger partial charge is 0.432 e. The summed E-state index contributed by atoms with van der Waals surface area (Å²) in [5, 5.41) is 21.3. The van der Waals surface area contributed by atoms with E-state index >= 15 is 0 Å². The standard InChI is InChI=1S/C21H18F3N5O2/c22-21(23,24)15-5-3-4-14(12-15)20(13-25)8-10-29(11-9-20)31-19(30)26-18-16-6-1-2-7-17(16)27-28-18/h1-7,12H,8-11H2,(H2,26,27,28,30). The Morgan fingerprint density at radius 1 is 1.19 bits per heavy atom. The summed E-state index contributed by atoms with van der Waals surface area (Å²) >= 11 is 0. The number of nitrogens with zero attached hydrogens (tertiary/aromatic N) is 3. The monoisotopic (exact) mass is 429 g/mol. The molecule has 3 aromatic rings. The van der Waals surface area contributed by atoms with E-state index < -0.39 is 23.2 Å². The Labute approximate surface area is 175 Å². The minimum atomic E-state index is -4.48. The number of para-hydroxylation sites is 1. The van der Waals surface area contributed by atoms with Crippen LogP contribution in [0.5, 0.6) is 0 Å². The topological polar surface area (TPSA) is 94.0 Å². The van der Waals surface area contributed by atoms with Crippen LogP contribution in [0.4, 0.5) is 23.8 Å². The van der Waals surface area contributed by atoms with Gasteiger partial charge < -0.3 is 4.84 Å². The van der Waals surface area contributed by atoms with Gasteiger partial charge in [0.1, 0.15) is 0 Å². The quantitative estimate of drug-likeness (QED) is 0.635. The lowest BCUT2D eigenvalue weighted by atomic mass is 9.74. The molecule has 0 aliphatic carbocycles. The summed E-state index contributed by atoms with van der Waals surface area (Å²) in [7, 11) is 0. The summed E-state index contributed by atoms with van der Waals surface area (Å²) in [4.78, 5) is 17.6. The number of halogens is 3. The molecule has 0 spiro atoms. The molecule has 2 aromatic carbocycles. The van der Waals surface area contributed by atoms with Crippen molar-refractivity contribution in [1.82, 2.24) is 15.3 Å². The normalized spacial score (nSPS) is 16.6. The SMILES string of the molecule is N#CC1(c2cccc(C(F)(F)F)c2)CCN(OC(=O)Nc2n[nH]c3ccccc23)CC1. The Bertz CT molecular complexity index is 1140. The van der Waals surface area contributed by atoms with Crippen molar-refractivity contribution in [2.45, 2.75) is 24.4 Å². The number of fused-ring (bicyclic) bond motifs is 1. The van der Waals surface area contributed by atoms with Gasteiger partial charge in [0.15, 0.2) is 5.82 Å². The van der Waals surface area contributed by atoms with Crippen molar-refractivity contribution < 1.29 is 22.8 Å². The van der Waals surface area contributed by atoms with Gasteiger partial charge in [-0.05, 0) is 36.6 Å². The predicted octanol–water partition coefficient (Wildman–Crippen LogP) is 4.60.